The van der Waals surface area contributed by atoms with Gasteiger partial charge in [-0.2, -0.15) is 0 Å². The lowest BCUT2D eigenvalue weighted by molar-refractivity contribution is -0.364. The van der Waals surface area contributed by atoms with Crippen LogP contribution in [0.5, 0.6) is 0 Å². The van der Waals surface area contributed by atoms with Crippen LogP contribution in [-0.2, 0) is 28.4 Å². The molecule has 8 rings (SSSR count). The lowest BCUT2D eigenvalue weighted by atomic mass is 9.44. The topological polar surface area (TPSA) is 197 Å². The van der Waals surface area contributed by atoms with Crippen LogP contribution >= 0.6 is 0 Å². The van der Waals surface area contributed by atoms with E-state index in [2.05, 4.69) is 27.7 Å². The SMILES string of the molecule is C[C@H]1CC[C@@]2(OC1)O[C@H]1C[C@H]3[C@@H]4CC[C@@H]5C[C@@H](O[C@@H]6O[C@@H](CO)[C@@H](O[C@@H]7O[C@@H](CO)[C@@H](O)[C@H](O)[C@@H]7O)[C@H](O)[C@@H]6O)CC[C@]5(C)[C@H]4CC[C@]3(C)C1[C@@H]2C. The molecular weight excluding hydrogens is 676 g/mol. The van der Waals surface area contributed by atoms with E-state index >= 15 is 0 Å². The van der Waals surface area contributed by atoms with Gasteiger partial charge >= 0.3 is 0 Å². The predicted octanol–water partition coefficient (Wildman–Crippen LogP) is 1.44. The van der Waals surface area contributed by atoms with E-state index in [-0.39, 0.29) is 23.0 Å². The normalized spacial score (nSPS) is 59.0. The van der Waals surface area contributed by atoms with Crippen molar-refractivity contribution >= 4 is 0 Å². The molecule has 8 aliphatic rings. The van der Waals surface area contributed by atoms with E-state index in [1.807, 2.05) is 0 Å². The maximum Gasteiger partial charge on any atom is 0.187 e. The Balaban J connectivity index is 0.892. The molecule has 0 radical (unpaired) electrons. The standard InChI is InChI=1S/C39H64O13/c1-18-7-12-39(47-17-18)19(2)28-25(52-39)14-24-22-6-5-20-13-21(8-10-37(20,3)23(22)9-11-38(24,28)4)48-35-33(46)31(44)34(27(16-41)50-35)51-36-32(45)30(43)29(42)26(15-40)49-36/h18-36,40-46H,5-17H2,1-4H3/t18-,19-,20+,21-,22+,23-,24-,25-,26-,27-,28?,29+,30-,31+,32-,33-,34+,35+,36-,37-,38-,39+/m0/s1. The maximum atomic E-state index is 11.2. The van der Waals surface area contributed by atoms with Gasteiger partial charge in [-0.15, -0.1) is 0 Å². The highest BCUT2D eigenvalue weighted by molar-refractivity contribution is 5.15. The van der Waals surface area contributed by atoms with Gasteiger partial charge in [-0.25, -0.2) is 0 Å². The second kappa shape index (κ2) is 14.1. The van der Waals surface area contributed by atoms with E-state index in [1.165, 1.54) is 25.7 Å². The summed E-state index contributed by atoms with van der Waals surface area (Å²) in [6.07, 6.45) is -3.66. The van der Waals surface area contributed by atoms with Crippen molar-refractivity contribution in [1.29, 1.82) is 0 Å². The molecule has 0 aromatic heterocycles. The van der Waals surface area contributed by atoms with Crippen LogP contribution in [0.15, 0.2) is 0 Å². The van der Waals surface area contributed by atoms with Crippen LogP contribution < -0.4 is 0 Å². The fourth-order valence-corrected chi connectivity index (χ4v) is 13.2. The molecule has 4 aliphatic carbocycles. The van der Waals surface area contributed by atoms with Crippen LogP contribution in [0, 0.1) is 52.3 Å². The van der Waals surface area contributed by atoms with E-state index in [1.54, 1.807) is 0 Å². The third-order valence-corrected chi connectivity index (χ3v) is 16.2. The summed E-state index contributed by atoms with van der Waals surface area (Å²) in [5, 5.41) is 72.8. The van der Waals surface area contributed by atoms with Gasteiger partial charge < -0.3 is 64.2 Å². The van der Waals surface area contributed by atoms with E-state index in [0.29, 0.717) is 41.4 Å². The van der Waals surface area contributed by atoms with Crippen LogP contribution in [0.2, 0.25) is 0 Å². The molecule has 4 saturated carbocycles. The average Bonchev–Trinajstić information content (AvgIpc) is 3.58. The second-order valence-corrected chi connectivity index (χ2v) is 18.7. The van der Waals surface area contributed by atoms with E-state index in [4.69, 9.17) is 28.4 Å². The minimum atomic E-state index is -1.71. The summed E-state index contributed by atoms with van der Waals surface area (Å²) in [7, 11) is 0. The Bertz CT molecular complexity index is 1260. The first-order valence-electron chi connectivity index (χ1n) is 20.3. The molecule has 0 aromatic rings. The highest BCUT2D eigenvalue weighted by Gasteiger charge is 2.69. The summed E-state index contributed by atoms with van der Waals surface area (Å²) in [4.78, 5) is 0. The van der Waals surface area contributed by atoms with Gasteiger partial charge in [0.2, 0.25) is 0 Å². The first-order valence-corrected chi connectivity index (χ1v) is 20.3. The lowest BCUT2D eigenvalue weighted by Crippen LogP contribution is -2.65. The van der Waals surface area contributed by atoms with E-state index < -0.39 is 80.4 Å². The molecule has 22 atom stereocenters. The molecule has 1 spiro atoms. The first-order chi connectivity index (χ1) is 24.7. The van der Waals surface area contributed by atoms with Crippen LogP contribution in [0.4, 0.5) is 0 Å². The number of aliphatic hydroxyl groups excluding tert-OH is 7. The molecule has 0 bridgehead atoms. The molecular formula is C39H64O13. The molecule has 4 aliphatic heterocycles. The zero-order chi connectivity index (χ0) is 36.9. The Morgan fingerprint density at radius 3 is 2.08 bits per heavy atom. The van der Waals surface area contributed by atoms with E-state index in [9.17, 15) is 35.7 Å². The molecule has 4 heterocycles. The van der Waals surface area contributed by atoms with Crippen molar-refractivity contribution in [3.05, 3.63) is 0 Å². The molecule has 13 heteroatoms. The molecule has 52 heavy (non-hydrogen) atoms. The van der Waals surface area contributed by atoms with E-state index in [0.717, 1.165) is 45.1 Å². The van der Waals surface area contributed by atoms with Crippen molar-refractivity contribution in [3.8, 4) is 0 Å². The number of hydrogen-bond donors (Lipinski definition) is 7. The largest absolute Gasteiger partial charge is 0.394 e. The van der Waals surface area contributed by atoms with Gasteiger partial charge in [0.25, 0.3) is 0 Å². The van der Waals surface area contributed by atoms with Crippen molar-refractivity contribution < 1.29 is 64.2 Å². The minimum absolute atomic E-state index is 0.188. The quantitative estimate of drug-likeness (QED) is 0.194. The first kappa shape index (κ1) is 38.4. The van der Waals surface area contributed by atoms with Gasteiger partial charge in [0.15, 0.2) is 18.4 Å². The van der Waals surface area contributed by atoms with Crippen molar-refractivity contribution in [2.75, 3.05) is 19.8 Å². The summed E-state index contributed by atoms with van der Waals surface area (Å²) >= 11 is 0. The Hall–Kier alpha value is -0.520. The number of fused-ring (bicyclic) bond motifs is 7. The molecule has 0 amide bonds. The molecule has 13 nitrogen and oxygen atoms in total. The number of ether oxygens (including phenoxy) is 6. The Kier molecular flexibility index (Phi) is 10.4. The molecule has 1 unspecified atom stereocenters. The number of aliphatic hydroxyl groups is 7. The Labute approximate surface area is 307 Å². The van der Waals surface area contributed by atoms with Crippen LogP contribution in [0.1, 0.15) is 91.9 Å². The smallest absolute Gasteiger partial charge is 0.187 e. The predicted molar refractivity (Wildman–Crippen MR) is 183 cm³/mol. The number of rotatable bonds is 6. The van der Waals surface area contributed by atoms with Crippen molar-refractivity contribution in [2.45, 2.75) is 171 Å². The van der Waals surface area contributed by atoms with Gasteiger partial charge in [0, 0.05) is 12.3 Å². The van der Waals surface area contributed by atoms with Crippen LogP contribution in [0.25, 0.3) is 0 Å². The van der Waals surface area contributed by atoms with Gasteiger partial charge in [0.1, 0.15) is 48.8 Å². The third-order valence-electron chi connectivity index (χ3n) is 16.2. The molecule has 4 saturated heterocycles. The molecule has 8 fully saturated rings. The van der Waals surface area contributed by atoms with Crippen molar-refractivity contribution in [2.24, 2.45) is 52.3 Å². The minimum Gasteiger partial charge on any atom is -0.394 e. The zero-order valence-corrected chi connectivity index (χ0v) is 31.2. The molecule has 7 N–H and O–H groups in total. The molecule has 0 aromatic carbocycles. The van der Waals surface area contributed by atoms with Gasteiger partial charge in [-0.3, -0.25) is 0 Å². The van der Waals surface area contributed by atoms with Crippen LogP contribution in [-0.4, -0.2) is 135 Å². The highest BCUT2D eigenvalue weighted by atomic mass is 16.7. The van der Waals surface area contributed by atoms with Crippen LogP contribution in [0.3, 0.4) is 0 Å². The summed E-state index contributed by atoms with van der Waals surface area (Å²) in [6.45, 7) is 9.33. The average molecular weight is 741 g/mol. The summed E-state index contributed by atoms with van der Waals surface area (Å²) < 4.78 is 37.0. The fraction of sp³-hybridized carbons (Fsp3) is 1.00. The van der Waals surface area contributed by atoms with Gasteiger partial charge in [0.05, 0.1) is 32.0 Å². The zero-order valence-electron chi connectivity index (χ0n) is 31.2. The molecule has 298 valence electrons. The summed E-state index contributed by atoms with van der Waals surface area (Å²) in [5.41, 5.74) is 0.468. The monoisotopic (exact) mass is 740 g/mol. The number of hydrogen-bond acceptors (Lipinski definition) is 13. The highest BCUT2D eigenvalue weighted by Crippen LogP contribution is 2.71. The maximum absolute atomic E-state index is 11.2. The van der Waals surface area contributed by atoms with Gasteiger partial charge in [-0.05, 0) is 104 Å². The van der Waals surface area contributed by atoms with Crippen molar-refractivity contribution in [3.63, 3.8) is 0 Å². The second-order valence-electron chi connectivity index (χ2n) is 18.7. The Morgan fingerprint density at radius 1 is 0.673 bits per heavy atom. The summed E-state index contributed by atoms with van der Waals surface area (Å²) in [5.74, 6) is 3.63. The lowest BCUT2D eigenvalue weighted by Gasteiger charge is -2.61. The fourth-order valence-electron chi connectivity index (χ4n) is 13.2. The van der Waals surface area contributed by atoms with Crippen molar-refractivity contribution in [1.82, 2.24) is 0 Å². The summed E-state index contributed by atoms with van der Waals surface area (Å²) in [6, 6.07) is 0. The van der Waals surface area contributed by atoms with Gasteiger partial charge in [-0.1, -0.05) is 27.7 Å². The Morgan fingerprint density at radius 2 is 1.37 bits per heavy atom. The third kappa shape index (κ3) is 5.98.